The molecule has 0 unspecified atom stereocenters. The normalized spacial score (nSPS) is 17.4. The molecule has 15 heavy (non-hydrogen) atoms. The lowest BCUT2D eigenvalue weighted by molar-refractivity contribution is 0.391. The van der Waals surface area contributed by atoms with Crippen molar-refractivity contribution in [2.75, 3.05) is 11.2 Å². The van der Waals surface area contributed by atoms with Gasteiger partial charge in [0, 0.05) is 31.4 Å². The zero-order valence-electron chi connectivity index (χ0n) is 8.06. The molecule has 1 aliphatic rings. The van der Waals surface area contributed by atoms with E-state index in [-0.39, 0.29) is 4.66 Å². The lowest BCUT2D eigenvalue weighted by atomic mass is 10.1. The molecule has 0 radical (unpaired) electrons. The number of pyridine rings is 1. The molecule has 1 aromatic heterocycles. The topological polar surface area (TPSA) is 50.3 Å². The van der Waals surface area contributed by atoms with Gasteiger partial charge in [0.1, 0.15) is 4.66 Å². The second-order valence-electron chi connectivity index (χ2n) is 3.41. The van der Waals surface area contributed by atoms with Gasteiger partial charge in [0.15, 0.2) is 0 Å². The van der Waals surface area contributed by atoms with E-state index in [1.54, 1.807) is 6.20 Å². The highest BCUT2D eigenvalue weighted by atomic mass is 79.9. The van der Waals surface area contributed by atoms with Gasteiger partial charge in [0.2, 0.25) is 10.0 Å². The number of hydrogen-bond donors (Lipinski definition) is 0. The minimum atomic E-state index is -3.14. The van der Waals surface area contributed by atoms with Crippen LogP contribution < -0.4 is 0 Å². The van der Waals surface area contributed by atoms with E-state index in [0.29, 0.717) is 19.5 Å². The molecular formula is C9H11BrN2O2S. The summed E-state index contributed by atoms with van der Waals surface area (Å²) in [7, 11) is -3.14. The predicted molar refractivity (Wildman–Crippen MR) is 61.1 cm³/mol. The minimum absolute atomic E-state index is 0.0183. The zero-order valence-corrected chi connectivity index (χ0v) is 10.5. The average molecular weight is 291 g/mol. The van der Waals surface area contributed by atoms with Crippen LogP contribution in [0.3, 0.4) is 0 Å². The van der Waals surface area contributed by atoms with Crippen molar-refractivity contribution in [2.45, 2.75) is 13.0 Å². The van der Waals surface area contributed by atoms with E-state index < -0.39 is 10.0 Å². The molecule has 0 spiro atoms. The number of sulfonamides is 1. The maximum Gasteiger partial charge on any atom is 0.224 e. The van der Waals surface area contributed by atoms with Gasteiger partial charge in [-0.05, 0) is 11.6 Å². The van der Waals surface area contributed by atoms with E-state index in [0.717, 1.165) is 11.3 Å². The number of halogens is 1. The first kappa shape index (κ1) is 11.0. The summed E-state index contributed by atoms with van der Waals surface area (Å²) in [4.78, 5) is 4.23. The van der Waals surface area contributed by atoms with Crippen LogP contribution in [-0.4, -0.2) is 28.9 Å². The van der Waals surface area contributed by atoms with Crippen LogP contribution >= 0.6 is 15.9 Å². The number of nitrogens with zero attached hydrogens (tertiary/aromatic N) is 2. The minimum Gasteiger partial charge on any atom is -0.261 e. The highest BCUT2D eigenvalue weighted by molar-refractivity contribution is 9.10. The van der Waals surface area contributed by atoms with Crippen molar-refractivity contribution in [2.24, 2.45) is 0 Å². The van der Waals surface area contributed by atoms with Crippen LogP contribution in [0.4, 0.5) is 0 Å². The standard InChI is InChI=1S/C9H11BrN2O2S/c10-7-15(13,14)12-5-3-9-8(6-12)2-1-4-11-9/h1-2,4H,3,5-7H2. The van der Waals surface area contributed by atoms with E-state index >= 15 is 0 Å². The van der Waals surface area contributed by atoms with Gasteiger partial charge in [-0.2, -0.15) is 4.31 Å². The third-order valence-electron chi connectivity index (χ3n) is 2.46. The quantitative estimate of drug-likeness (QED) is 0.767. The maximum atomic E-state index is 11.6. The Balaban J connectivity index is 2.27. The first-order valence-corrected chi connectivity index (χ1v) is 7.33. The fourth-order valence-corrected chi connectivity index (χ4v) is 3.36. The van der Waals surface area contributed by atoms with E-state index in [9.17, 15) is 8.42 Å². The Hall–Kier alpha value is -0.460. The van der Waals surface area contributed by atoms with Crippen LogP contribution in [0.2, 0.25) is 0 Å². The van der Waals surface area contributed by atoms with Gasteiger partial charge in [-0.1, -0.05) is 22.0 Å². The van der Waals surface area contributed by atoms with Crippen molar-refractivity contribution in [3.05, 3.63) is 29.6 Å². The van der Waals surface area contributed by atoms with E-state index in [4.69, 9.17) is 0 Å². The molecule has 2 rings (SSSR count). The number of aromatic nitrogens is 1. The molecule has 1 aliphatic heterocycles. The fraction of sp³-hybridized carbons (Fsp3) is 0.444. The van der Waals surface area contributed by atoms with Crippen LogP contribution in [0.5, 0.6) is 0 Å². The Morgan fingerprint density at radius 1 is 1.53 bits per heavy atom. The van der Waals surface area contributed by atoms with Crippen LogP contribution in [0, 0.1) is 0 Å². The Labute approximate surface area is 97.5 Å². The summed E-state index contributed by atoms with van der Waals surface area (Å²) in [6.07, 6.45) is 2.44. The van der Waals surface area contributed by atoms with Crippen molar-refractivity contribution in [3.63, 3.8) is 0 Å². The lowest BCUT2D eigenvalue weighted by Gasteiger charge is -2.26. The molecule has 2 heterocycles. The summed E-state index contributed by atoms with van der Waals surface area (Å²) in [5, 5.41) is 0. The van der Waals surface area contributed by atoms with Crippen LogP contribution in [-0.2, 0) is 23.0 Å². The number of alkyl halides is 1. The highest BCUT2D eigenvalue weighted by Gasteiger charge is 2.25. The highest BCUT2D eigenvalue weighted by Crippen LogP contribution is 2.19. The Bertz CT molecular complexity index is 461. The monoisotopic (exact) mass is 290 g/mol. The first-order valence-electron chi connectivity index (χ1n) is 4.60. The summed E-state index contributed by atoms with van der Waals surface area (Å²) in [6.45, 7) is 0.967. The van der Waals surface area contributed by atoms with E-state index in [2.05, 4.69) is 20.9 Å². The van der Waals surface area contributed by atoms with Gasteiger partial charge in [-0.15, -0.1) is 0 Å². The molecule has 0 atom stereocenters. The summed E-state index contributed by atoms with van der Waals surface area (Å²) < 4.78 is 24.7. The number of fused-ring (bicyclic) bond motifs is 1. The Kier molecular flexibility index (Phi) is 3.08. The van der Waals surface area contributed by atoms with Gasteiger partial charge in [-0.25, -0.2) is 8.42 Å². The Morgan fingerprint density at radius 2 is 2.33 bits per heavy atom. The summed E-state index contributed by atoms with van der Waals surface area (Å²) in [5.41, 5.74) is 2.02. The molecule has 0 aromatic carbocycles. The summed E-state index contributed by atoms with van der Waals surface area (Å²) >= 11 is 3.00. The third kappa shape index (κ3) is 2.21. The molecule has 1 aromatic rings. The van der Waals surface area contributed by atoms with Crippen LogP contribution in [0.25, 0.3) is 0 Å². The molecule has 0 saturated heterocycles. The van der Waals surface area contributed by atoms with Crippen LogP contribution in [0.15, 0.2) is 18.3 Å². The van der Waals surface area contributed by atoms with Gasteiger partial charge in [0.25, 0.3) is 0 Å². The molecule has 4 nitrogen and oxygen atoms in total. The largest absolute Gasteiger partial charge is 0.261 e. The summed E-state index contributed by atoms with van der Waals surface area (Å²) in [6, 6.07) is 3.77. The van der Waals surface area contributed by atoms with Gasteiger partial charge >= 0.3 is 0 Å². The van der Waals surface area contributed by atoms with Crippen molar-refractivity contribution in [1.29, 1.82) is 0 Å². The van der Waals surface area contributed by atoms with Gasteiger partial charge in [0.05, 0.1) is 0 Å². The fourth-order valence-electron chi connectivity index (χ4n) is 1.65. The molecule has 0 fully saturated rings. The molecule has 0 bridgehead atoms. The van der Waals surface area contributed by atoms with Crippen LogP contribution in [0.1, 0.15) is 11.3 Å². The molecule has 0 saturated carbocycles. The first-order chi connectivity index (χ1) is 7.13. The predicted octanol–water partition coefficient (Wildman–Crippen LogP) is 1.12. The summed E-state index contributed by atoms with van der Waals surface area (Å²) in [5.74, 6) is 0. The second kappa shape index (κ2) is 4.19. The second-order valence-corrected chi connectivity index (χ2v) is 6.69. The Morgan fingerprint density at radius 3 is 3.07 bits per heavy atom. The average Bonchev–Trinajstić information content (AvgIpc) is 2.28. The molecule has 6 heteroatoms. The number of hydrogen-bond acceptors (Lipinski definition) is 3. The van der Waals surface area contributed by atoms with Gasteiger partial charge in [-0.3, -0.25) is 4.98 Å². The number of rotatable bonds is 2. The third-order valence-corrected chi connectivity index (χ3v) is 5.57. The van der Waals surface area contributed by atoms with Crippen molar-refractivity contribution < 1.29 is 8.42 Å². The van der Waals surface area contributed by atoms with Crippen molar-refractivity contribution in [3.8, 4) is 0 Å². The van der Waals surface area contributed by atoms with E-state index in [1.807, 2.05) is 12.1 Å². The smallest absolute Gasteiger partial charge is 0.224 e. The zero-order chi connectivity index (χ0) is 10.9. The lowest BCUT2D eigenvalue weighted by Crippen LogP contribution is -2.36. The molecule has 0 aliphatic carbocycles. The van der Waals surface area contributed by atoms with E-state index in [1.165, 1.54) is 4.31 Å². The maximum absolute atomic E-state index is 11.6. The van der Waals surface area contributed by atoms with Crippen molar-refractivity contribution >= 4 is 26.0 Å². The molecule has 0 N–H and O–H groups in total. The SMILES string of the molecule is O=S(=O)(CBr)N1CCc2ncccc2C1. The van der Waals surface area contributed by atoms with Crippen molar-refractivity contribution in [1.82, 2.24) is 9.29 Å². The molecule has 0 amide bonds. The molecule has 82 valence electrons. The molecular weight excluding hydrogens is 280 g/mol. The van der Waals surface area contributed by atoms with Gasteiger partial charge < -0.3 is 0 Å².